The number of aliphatic carboxylic acids is 1. The second kappa shape index (κ2) is 6.11. The van der Waals surface area contributed by atoms with Crippen LogP contribution in [0.3, 0.4) is 0 Å². The molecule has 2 rings (SSSR count). The highest BCUT2D eigenvalue weighted by atomic mass is 35.5. The van der Waals surface area contributed by atoms with Crippen LogP contribution in [0, 0.1) is 0 Å². The first-order valence-electron chi connectivity index (χ1n) is 5.62. The summed E-state index contributed by atoms with van der Waals surface area (Å²) in [6.45, 7) is -0.114. The summed E-state index contributed by atoms with van der Waals surface area (Å²) in [4.78, 5) is 10.4. The van der Waals surface area contributed by atoms with E-state index in [0.29, 0.717) is 16.5 Å². The zero-order valence-electron chi connectivity index (χ0n) is 9.97. The number of anilines is 1. The van der Waals surface area contributed by atoms with Gasteiger partial charge in [-0.1, -0.05) is 11.6 Å². The fourth-order valence-electron chi connectivity index (χ4n) is 1.46. The van der Waals surface area contributed by atoms with Gasteiger partial charge in [-0.05, 0) is 48.5 Å². The highest BCUT2D eigenvalue weighted by Crippen LogP contribution is 2.24. The summed E-state index contributed by atoms with van der Waals surface area (Å²) in [6.07, 6.45) is 0. The molecule has 0 aliphatic carbocycles. The molecule has 0 atom stereocenters. The molecule has 0 spiro atoms. The molecule has 2 aromatic rings. The van der Waals surface area contributed by atoms with Gasteiger partial charge < -0.3 is 15.2 Å². The highest BCUT2D eigenvalue weighted by molar-refractivity contribution is 6.30. The molecule has 0 fully saturated rings. The van der Waals surface area contributed by atoms with Crippen molar-refractivity contribution in [2.45, 2.75) is 0 Å². The number of halogens is 1. The van der Waals surface area contributed by atoms with Crippen molar-refractivity contribution < 1.29 is 14.6 Å². The fraction of sp³-hybridized carbons (Fsp3) is 0.0714. The lowest BCUT2D eigenvalue weighted by molar-refractivity contribution is -0.134. The Labute approximate surface area is 115 Å². The molecule has 2 N–H and O–H groups in total. The van der Waals surface area contributed by atoms with Gasteiger partial charge >= 0.3 is 5.97 Å². The minimum atomic E-state index is -0.901. The molecule has 0 aliphatic heterocycles. The lowest BCUT2D eigenvalue weighted by Crippen LogP contribution is -2.11. The molecular formula is C14H12ClNO3. The molecule has 0 saturated carbocycles. The molecule has 2 aromatic carbocycles. The zero-order valence-corrected chi connectivity index (χ0v) is 10.7. The first-order chi connectivity index (χ1) is 9.13. The van der Waals surface area contributed by atoms with Crippen LogP contribution in [0.1, 0.15) is 0 Å². The van der Waals surface area contributed by atoms with E-state index in [0.717, 1.165) is 5.69 Å². The van der Waals surface area contributed by atoms with E-state index in [4.69, 9.17) is 21.4 Å². The van der Waals surface area contributed by atoms with E-state index in [2.05, 4.69) is 5.32 Å². The van der Waals surface area contributed by atoms with E-state index >= 15 is 0 Å². The van der Waals surface area contributed by atoms with Gasteiger partial charge in [-0.2, -0.15) is 0 Å². The first kappa shape index (κ1) is 13.2. The van der Waals surface area contributed by atoms with Gasteiger partial charge in [-0.15, -0.1) is 0 Å². The van der Waals surface area contributed by atoms with Crippen LogP contribution in [-0.2, 0) is 4.79 Å². The Morgan fingerprint density at radius 3 is 2.11 bits per heavy atom. The number of nitrogens with one attached hydrogen (secondary N) is 1. The summed E-state index contributed by atoms with van der Waals surface area (Å²) in [6, 6.07) is 14.1. The normalized spacial score (nSPS) is 9.95. The minimum absolute atomic E-state index is 0.114. The van der Waals surface area contributed by atoms with Crippen molar-refractivity contribution in [3.63, 3.8) is 0 Å². The summed E-state index contributed by atoms with van der Waals surface area (Å²) in [7, 11) is 0. The smallest absolute Gasteiger partial charge is 0.322 e. The summed E-state index contributed by atoms with van der Waals surface area (Å²) < 4.78 is 5.61. The number of hydrogen-bond donors (Lipinski definition) is 2. The van der Waals surface area contributed by atoms with E-state index in [-0.39, 0.29) is 6.54 Å². The van der Waals surface area contributed by atoms with E-state index in [1.165, 1.54) is 0 Å². The number of carbonyl (C=O) groups is 1. The van der Waals surface area contributed by atoms with Crippen LogP contribution in [0.4, 0.5) is 5.69 Å². The zero-order chi connectivity index (χ0) is 13.7. The van der Waals surface area contributed by atoms with Crippen LogP contribution in [0.2, 0.25) is 5.02 Å². The molecule has 0 radical (unpaired) electrons. The van der Waals surface area contributed by atoms with Gasteiger partial charge in [0.1, 0.15) is 18.0 Å². The minimum Gasteiger partial charge on any atom is -0.480 e. The van der Waals surface area contributed by atoms with Crippen molar-refractivity contribution in [1.29, 1.82) is 0 Å². The molecule has 98 valence electrons. The van der Waals surface area contributed by atoms with Crippen molar-refractivity contribution in [1.82, 2.24) is 0 Å². The van der Waals surface area contributed by atoms with Crippen LogP contribution in [0.25, 0.3) is 0 Å². The molecule has 4 nitrogen and oxygen atoms in total. The molecular weight excluding hydrogens is 266 g/mol. The van der Waals surface area contributed by atoms with Crippen molar-refractivity contribution in [2.75, 3.05) is 11.9 Å². The number of carboxylic acids is 1. The third-order valence-electron chi connectivity index (χ3n) is 2.35. The number of hydrogen-bond acceptors (Lipinski definition) is 3. The number of carboxylic acid groups (broad SMARTS) is 1. The maximum Gasteiger partial charge on any atom is 0.322 e. The summed E-state index contributed by atoms with van der Waals surface area (Å²) in [5.74, 6) is 0.459. The first-order valence-corrected chi connectivity index (χ1v) is 6.00. The Hall–Kier alpha value is -2.20. The summed E-state index contributed by atoms with van der Waals surface area (Å²) in [5.41, 5.74) is 0.728. The van der Waals surface area contributed by atoms with Gasteiger partial charge in [0.15, 0.2) is 0 Å². The Balaban J connectivity index is 1.98. The lowest BCUT2D eigenvalue weighted by Gasteiger charge is -2.07. The second-order valence-corrected chi connectivity index (χ2v) is 4.26. The molecule has 0 saturated heterocycles. The van der Waals surface area contributed by atoms with Crippen LogP contribution in [0.5, 0.6) is 11.5 Å². The van der Waals surface area contributed by atoms with E-state index in [1.54, 1.807) is 48.5 Å². The SMILES string of the molecule is O=C(O)CNc1ccc(Oc2ccc(Cl)cc2)cc1. The summed E-state index contributed by atoms with van der Waals surface area (Å²) in [5, 5.41) is 12.0. The predicted molar refractivity (Wildman–Crippen MR) is 74.1 cm³/mol. The van der Waals surface area contributed by atoms with Crippen molar-refractivity contribution in [3.05, 3.63) is 53.6 Å². The molecule has 0 unspecified atom stereocenters. The van der Waals surface area contributed by atoms with Gasteiger partial charge in [-0.3, -0.25) is 4.79 Å². The van der Waals surface area contributed by atoms with Gasteiger partial charge in [0.2, 0.25) is 0 Å². The third kappa shape index (κ3) is 4.19. The monoisotopic (exact) mass is 277 g/mol. The molecule has 0 aromatic heterocycles. The van der Waals surface area contributed by atoms with Crippen molar-refractivity contribution in [2.24, 2.45) is 0 Å². The predicted octanol–water partition coefficient (Wildman–Crippen LogP) is 3.63. The third-order valence-corrected chi connectivity index (χ3v) is 2.60. The van der Waals surface area contributed by atoms with Gasteiger partial charge in [0.05, 0.1) is 0 Å². The maximum absolute atomic E-state index is 10.4. The quantitative estimate of drug-likeness (QED) is 0.876. The highest BCUT2D eigenvalue weighted by Gasteiger charge is 1.99. The average Bonchev–Trinajstić information content (AvgIpc) is 2.40. The van der Waals surface area contributed by atoms with Gasteiger partial charge in [0.25, 0.3) is 0 Å². The van der Waals surface area contributed by atoms with Crippen LogP contribution in [0.15, 0.2) is 48.5 Å². The number of benzene rings is 2. The molecule has 19 heavy (non-hydrogen) atoms. The fourth-order valence-corrected chi connectivity index (χ4v) is 1.58. The summed E-state index contributed by atoms with van der Waals surface area (Å²) >= 11 is 5.78. The lowest BCUT2D eigenvalue weighted by atomic mass is 10.3. The Morgan fingerprint density at radius 1 is 1.05 bits per heavy atom. The van der Waals surface area contributed by atoms with Crippen LogP contribution < -0.4 is 10.1 Å². The standard InChI is InChI=1S/C14H12ClNO3/c15-10-1-5-12(6-2-10)19-13-7-3-11(4-8-13)16-9-14(17)18/h1-8,16H,9H2,(H,17,18). The van der Waals surface area contributed by atoms with E-state index in [9.17, 15) is 4.79 Å². The Kier molecular flexibility index (Phi) is 4.26. The average molecular weight is 278 g/mol. The second-order valence-electron chi connectivity index (χ2n) is 3.83. The van der Waals surface area contributed by atoms with Crippen LogP contribution >= 0.6 is 11.6 Å². The maximum atomic E-state index is 10.4. The molecule has 0 aliphatic rings. The topological polar surface area (TPSA) is 58.6 Å². The molecule has 0 amide bonds. The number of ether oxygens (including phenoxy) is 1. The molecule has 0 heterocycles. The largest absolute Gasteiger partial charge is 0.480 e. The molecule has 0 bridgehead atoms. The van der Waals surface area contributed by atoms with Crippen molar-refractivity contribution in [3.8, 4) is 11.5 Å². The Bertz CT molecular complexity index is 552. The van der Waals surface area contributed by atoms with E-state index < -0.39 is 5.97 Å². The van der Waals surface area contributed by atoms with E-state index in [1.807, 2.05) is 0 Å². The Morgan fingerprint density at radius 2 is 1.58 bits per heavy atom. The van der Waals surface area contributed by atoms with Crippen molar-refractivity contribution >= 4 is 23.3 Å². The van der Waals surface area contributed by atoms with Crippen LogP contribution in [-0.4, -0.2) is 17.6 Å². The van der Waals surface area contributed by atoms with Gasteiger partial charge in [0, 0.05) is 10.7 Å². The van der Waals surface area contributed by atoms with Gasteiger partial charge in [-0.25, -0.2) is 0 Å². The number of rotatable bonds is 5. The molecule has 5 heteroatoms.